The molecule has 2 amide bonds. The lowest BCUT2D eigenvalue weighted by molar-refractivity contribution is -0.139. The molecule has 1 aliphatic carbocycles. The minimum absolute atomic E-state index is 0.0394. The Balaban J connectivity index is 1.91. The van der Waals surface area contributed by atoms with Crippen molar-refractivity contribution in [1.29, 1.82) is 0 Å². The Morgan fingerprint density at radius 2 is 1.66 bits per heavy atom. The maximum Gasteiger partial charge on any atom is 0.244 e. The highest BCUT2D eigenvalue weighted by atomic mass is 35.5. The normalized spacial score (nSPS) is 15.0. The van der Waals surface area contributed by atoms with Gasteiger partial charge < -0.3 is 10.2 Å². The fraction of sp³-hybridized carbons (Fsp3) is 0.417. The number of benzene rings is 2. The number of amides is 2. The lowest BCUT2D eigenvalue weighted by Crippen LogP contribution is -2.52. The van der Waals surface area contributed by atoms with Crippen LogP contribution in [-0.2, 0) is 26.2 Å². The quantitative estimate of drug-likeness (QED) is 0.508. The van der Waals surface area contributed by atoms with Gasteiger partial charge in [0, 0.05) is 28.2 Å². The molecule has 0 bridgehead atoms. The predicted molar refractivity (Wildman–Crippen MR) is 135 cm³/mol. The first kappa shape index (κ1) is 27.2. The Morgan fingerprint density at radius 1 is 1.09 bits per heavy atom. The summed E-state index contributed by atoms with van der Waals surface area (Å²) in [6.45, 7) is 0.890. The van der Waals surface area contributed by atoms with Gasteiger partial charge in [-0.25, -0.2) is 12.8 Å². The summed E-state index contributed by atoms with van der Waals surface area (Å²) < 4.78 is 39.3. The van der Waals surface area contributed by atoms with Crippen LogP contribution in [0.5, 0.6) is 0 Å². The lowest BCUT2D eigenvalue weighted by Gasteiger charge is -2.32. The van der Waals surface area contributed by atoms with E-state index < -0.39 is 34.3 Å². The van der Waals surface area contributed by atoms with E-state index in [1.54, 1.807) is 25.1 Å². The van der Waals surface area contributed by atoms with Crippen molar-refractivity contribution in [3.63, 3.8) is 0 Å². The summed E-state index contributed by atoms with van der Waals surface area (Å²) in [4.78, 5) is 27.8. The zero-order chi connectivity index (χ0) is 25.8. The van der Waals surface area contributed by atoms with E-state index in [0.717, 1.165) is 48.4 Å². The second kappa shape index (κ2) is 11.6. The monoisotopic (exact) mass is 543 g/mol. The number of nitrogens with one attached hydrogen (secondary N) is 1. The highest BCUT2D eigenvalue weighted by Crippen LogP contribution is 2.27. The molecule has 1 fully saturated rings. The molecule has 0 spiro atoms. The van der Waals surface area contributed by atoms with Crippen LogP contribution in [0.4, 0.5) is 10.1 Å². The van der Waals surface area contributed by atoms with Crippen molar-refractivity contribution in [2.45, 2.75) is 51.2 Å². The number of anilines is 1. The number of hydrogen-bond acceptors (Lipinski definition) is 4. The minimum Gasteiger partial charge on any atom is -0.352 e. The Hall–Kier alpha value is -2.36. The van der Waals surface area contributed by atoms with Gasteiger partial charge in [0.1, 0.15) is 18.4 Å². The molecule has 0 radical (unpaired) electrons. The molecule has 0 unspecified atom stereocenters. The number of hydrogen-bond donors (Lipinski definition) is 1. The van der Waals surface area contributed by atoms with Crippen LogP contribution in [0.1, 0.15) is 38.2 Å². The van der Waals surface area contributed by atoms with E-state index in [0.29, 0.717) is 15.6 Å². The van der Waals surface area contributed by atoms with Gasteiger partial charge in [-0.15, -0.1) is 0 Å². The van der Waals surface area contributed by atoms with Crippen LogP contribution < -0.4 is 9.62 Å². The third kappa shape index (κ3) is 7.08. The molecule has 11 heteroatoms. The number of carbonyl (C=O) groups excluding carboxylic acids is 2. The summed E-state index contributed by atoms with van der Waals surface area (Å²) in [5.41, 5.74) is 0.568. The first-order valence-electron chi connectivity index (χ1n) is 11.2. The molecule has 7 nitrogen and oxygen atoms in total. The third-order valence-corrected chi connectivity index (χ3v) is 7.90. The second-order valence-corrected chi connectivity index (χ2v) is 11.4. The van der Waals surface area contributed by atoms with Gasteiger partial charge in [-0.2, -0.15) is 0 Å². The molecule has 0 aromatic heterocycles. The average molecular weight is 544 g/mol. The highest BCUT2D eigenvalue weighted by Gasteiger charge is 2.32. The first-order chi connectivity index (χ1) is 16.5. The van der Waals surface area contributed by atoms with E-state index in [1.807, 2.05) is 0 Å². The zero-order valence-electron chi connectivity index (χ0n) is 19.5. The molecule has 1 atom stereocenters. The zero-order valence-corrected chi connectivity index (χ0v) is 21.8. The predicted octanol–water partition coefficient (Wildman–Crippen LogP) is 4.37. The molecular formula is C24H28Cl2FN3O4S. The third-order valence-electron chi connectivity index (χ3n) is 6.05. The summed E-state index contributed by atoms with van der Waals surface area (Å²) in [6.07, 6.45) is 4.75. The van der Waals surface area contributed by atoms with Crippen LogP contribution >= 0.6 is 23.2 Å². The fourth-order valence-electron chi connectivity index (χ4n) is 4.05. The van der Waals surface area contributed by atoms with Crippen LogP contribution in [0.3, 0.4) is 0 Å². The van der Waals surface area contributed by atoms with E-state index >= 15 is 0 Å². The van der Waals surface area contributed by atoms with Gasteiger partial charge in [-0.3, -0.25) is 13.9 Å². The fourth-order valence-corrected chi connectivity index (χ4v) is 5.42. The number of carbonyl (C=O) groups is 2. The van der Waals surface area contributed by atoms with Gasteiger partial charge in [0.2, 0.25) is 21.8 Å². The van der Waals surface area contributed by atoms with Crippen molar-refractivity contribution >= 4 is 50.7 Å². The molecule has 1 aliphatic rings. The lowest BCUT2D eigenvalue weighted by atomic mass is 10.1. The Labute approximate surface area is 215 Å². The minimum atomic E-state index is -3.90. The van der Waals surface area contributed by atoms with Crippen LogP contribution in [0.2, 0.25) is 10.0 Å². The molecule has 35 heavy (non-hydrogen) atoms. The molecule has 0 saturated heterocycles. The molecular weight excluding hydrogens is 516 g/mol. The van der Waals surface area contributed by atoms with Crippen molar-refractivity contribution < 1.29 is 22.4 Å². The Morgan fingerprint density at radius 3 is 2.20 bits per heavy atom. The standard InChI is InChI=1S/C24H28Cl2FN3O4S/c1-16(24(32)28-18-6-3-4-7-18)29(14-20-21(25)8-5-9-22(20)26)23(31)15-30(35(2,33)34)19-12-10-17(27)11-13-19/h5,8-13,16,18H,3-4,6-7,14-15H2,1-2H3,(H,28,32)/t16-/m1/s1. The van der Waals surface area contributed by atoms with Crippen LogP contribution in [0, 0.1) is 5.82 Å². The van der Waals surface area contributed by atoms with Crippen LogP contribution in [0.15, 0.2) is 42.5 Å². The topological polar surface area (TPSA) is 86.8 Å². The summed E-state index contributed by atoms with van der Waals surface area (Å²) in [5, 5.41) is 3.61. The van der Waals surface area contributed by atoms with Gasteiger partial charge >= 0.3 is 0 Å². The van der Waals surface area contributed by atoms with E-state index in [-0.39, 0.29) is 24.2 Å². The Bertz CT molecular complexity index is 1150. The molecule has 0 aliphatic heterocycles. The molecule has 0 heterocycles. The van der Waals surface area contributed by atoms with Crippen molar-refractivity contribution in [2.24, 2.45) is 0 Å². The first-order valence-corrected chi connectivity index (χ1v) is 13.8. The van der Waals surface area contributed by atoms with Crippen molar-refractivity contribution in [1.82, 2.24) is 10.2 Å². The van der Waals surface area contributed by atoms with Crippen LogP contribution in [0.25, 0.3) is 0 Å². The number of halogens is 3. The molecule has 1 saturated carbocycles. The number of nitrogens with zero attached hydrogens (tertiary/aromatic N) is 2. The van der Waals surface area contributed by atoms with Gasteiger partial charge in [0.05, 0.1) is 11.9 Å². The van der Waals surface area contributed by atoms with Crippen molar-refractivity contribution in [3.05, 3.63) is 63.9 Å². The van der Waals surface area contributed by atoms with Gasteiger partial charge in [0.25, 0.3) is 0 Å². The van der Waals surface area contributed by atoms with Gasteiger partial charge in [-0.05, 0) is 56.2 Å². The summed E-state index contributed by atoms with van der Waals surface area (Å²) in [7, 11) is -3.90. The molecule has 2 aromatic carbocycles. The van der Waals surface area contributed by atoms with E-state index in [1.165, 1.54) is 17.0 Å². The van der Waals surface area contributed by atoms with E-state index in [9.17, 15) is 22.4 Å². The van der Waals surface area contributed by atoms with Crippen molar-refractivity contribution in [2.75, 3.05) is 17.1 Å². The van der Waals surface area contributed by atoms with Crippen LogP contribution in [-0.4, -0.2) is 50.0 Å². The smallest absolute Gasteiger partial charge is 0.244 e. The van der Waals surface area contributed by atoms with E-state index in [2.05, 4.69) is 5.32 Å². The molecule has 1 N–H and O–H groups in total. The summed E-state index contributed by atoms with van der Waals surface area (Å²) >= 11 is 12.6. The van der Waals surface area contributed by atoms with Gasteiger partial charge in [-0.1, -0.05) is 42.1 Å². The number of rotatable bonds is 9. The molecule has 3 rings (SSSR count). The Kier molecular flexibility index (Phi) is 9.01. The maximum atomic E-state index is 13.5. The van der Waals surface area contributed by atoms with E-state index in [4.69, 9.17) is 23.2 Å². The summed E-state index contributed by atoms with van der Waals surface area (Å²) in [5.74, 6) is -1.52. The number of sulfonamides is 1. The SMILES string of the molecule is C[C@H](C(=O)NC1CCCC1)N(Cc1c(Cl)cccc1Cl)C(=O)CN(c1ccc(F)cc1)S(C)(=O)=O. The van der Waals surface area contributed by atoms with Crippen molar-refractivity contribution in [3.8, 4) is 0 Å². The highest BCUT2D eigenvalue weighted by molar-refractivity contribution is 7.92. The molecule has 2 aromatic rings. The molecule has 190 valence electrons. The average Bonchev–Trinajstić information content (AvgIpc) is 3.30. The van der Waals surface area contributed by atoms with Gasteiger partial charge in [0.15, 0.2) is 0 Å². The largest absolute Gasteiger partial charge is 0.352 e. The summed E-state index contributed by atoms with van der Waals surface area (Å²) in [6, 6.07) is 8.78. The second-order valence-electron chi connectivity index (χ2n) is 8.63. The maximum absolute atomic E-state index is 13.5.